The van der Waals surface area contributed by atoms with Gasteiger partial charge in [0.25, 0.3) is 0 Å². The molecule has 144 valence electrons. The van der Waals surface area contributed by atoms with Gasteiger partial charge in [0, 0.05) is 24.0 Å². The van der Waals surface area contributed by atoms with Gasteiger partial charge in [-0.2, -0.15) is 11.8 Å². The quantitative estimate of drug-likeness (QED) is 0.361. The van der Waals surface area contributed by atoms with Crippen molar-refractivity contribution in [1.82, 2.24) is 5.32 Å². The molecule has 0 saturated heterocycles. The summed E-state index contributed by atoms with van der Waals surface area (Å²) in [7, 11) is 0. The summed E-state index contributed by atoms with van der Waals surface area (Å²) in [6.45, 7) is 2.19. The Bertz CT molecular complexity index is 545. The maximum Gasteiger partial charge on any atom is 0.305 e. The Kier molecular flexibility index (Phi) is 12.4. The second-order valence-corrected chi connectivity index (χ2v) is 7.42. The molecule has 2 N–H and O–H groups in total. The molecular formula is C21H31NO3S. The third kappa shape index (κ3) is 11.7. The second kappa shape index (κ2) is 14.4. The van der Waals surface area contributed by atoms with Crippen molar-refractivity contribution in [3.8, 4) is 0 Å². The van der Waals surface area contributed by atoms with Gasteiger partial charge < -0.3 is 10.4 Å². The Morgan fingerprint density at radius 3 is 2.62 bits per heavy atom. The molecule has 1 rings (SSSR count). The van der Waals surface area contributed by atoms with E-state index in [2.05, 4.69) is 12.2 Å². The average molecular weight is 378 g/mol. The number of hydrogen-bond donors (Lipinski definition) is 2. The second-order valence-electron chi connectivity index (χ2n) is 6.39. The minimum Gasteiger partial charge on any atom is -0.481 e. The van der Waals surface area contributed by atoms with Crippen LogP contribution < -0.4 is 5.32 Å². The fourth-order valence-electron chi connectivity index (χ4n) is 2.54. The van der Waals surface area contributed by atoms with Gasteiger partial charge in [-0.15, -0.1) is 0 Å². The molecule has 1 amide bonds. The van der Waals surface area contributed by atoms with Crippen molar-refractivity contribution in [1.29, 1.82) is 0 Å². The molecule has 0 spiro atoms. The summed E-state index contributed by atoms with van der Waals surface area (Å²) >= 11 is 1.64. The molecule has 1 atom stereocenters. The van der Waals surface area contributed by atoms with Crippen LogP contribution in [0.5, 0.6) is 0 Å². The Balaban J connectivity index is 2.30. The third-order valence-corrected chi connectivity index (χ3v) is 5.09. The van der Waals surface area contributed by atoms with Crippen molar-refractivity contribution in [2.75, 3.05) is 5.75 Å². The minimum absolute atomic E-state index is 0.0474. The van der Waals surface area contributed by atoms with E-state index in [1.54, 1.807) is 11.8 Å². The standard InChI is InChI=1S/C21H31NO3S/c1-2-3-4-5-6-7-11-14-20(23)22-19(15-21(24)25)17-26-16-18-12-9-8-10-13-18/h7-13,19H,2-6,14-17H2,1H3,(H,22,23)(H,24,25)/t19-/m0/s1. The van der Waals surface area contributed by atoms with E-state index in [4.69, 9.17) is 5.11 Å². The van der Waals surface area contributed by atoms with Crippen molar-refractivity contribution in [3.05, 3.63) is 48.0 Å². The van der Waals surface area contributed by atoms with Gasteiger partial charge in [-0.25, -0.2) is 0 Å². The van der Waals surface area contributed by atoms with Crippen molar-refractivity contribution in [2.45, 2.75) is 63.7 Å². The summed E-state index contributed by atoms with van der Waals surface area (Å²) in [5.74, 6) is 0.404. The lowest BCUT2D eigenvalue weighted by Gasteiger charge is -2.16. The maximum atomic E-state index is 12.0. The van der Waals surface area contributed by atoms with Crippen molar-refractivity contribution >= 4 is 23.6 Å². The first-order chi connectivity index (χ1) is 12.6. The molecule has 0 saturated carbocycles. The molecule has 0 aliphatic rings. The Labute approximate surface area is 161 Å². The van der Waals surface area contributed by atoms with E-state index in [9.17, 15) is 9.59 Å². The summed E-state index contributed by atoms with van der Waals surface area (Å²) in [5, 5.41) is 11.9. The van der Waals surface area contributed by atoms with Crippen LogP contribution in [0.3, 0.4) is 0 Å². The maximum absolute atomic E-state index is 12.0. The molecule has 0 fully saturated rings. The monoisotopic (exact) mass is 377 g/mol. The zero-order valence-electron chi connectivity index (χ0n) is 15.7. The van der Waals surface area contributed by atoms with Gasteiger partial charge in [0.05, 0.1) is 6.42 Å². The van der Waals surface area contributed by atoms with Crippen LogP contribution in [0.25, 0.3) is 0 Å². The Morgan fingerprint density at radius 2 is 1.92 bits per heavy atom. The molecule has 0 bridgehead atoms. The van der Waals surface area contributed by atoms with Gasteiger partial charge in [0.2, 0.25) is 5.91 Å². The first-order valence-corrected chi connectivity index (χ1v) is 10.5. The van der Waals surface area contributed by atoms with Crippen LogP contribution in [-0.4, -0.2) is 28.8 Å². The summed E-state index contributed by atoms with van der Waals surface area (Å²) in [6, 6.07) is 9.69. The van der Waals surface area contributed by atoms with Gasteiger partial charge in [-0.05, 0) is 18.4 Å². The summed E-state index contributed by atoms with van der Waals surface area (Å²) in [5.41, 5.74) is 1.20. The predicted octanol–water partition coefficient (Wildman–Crippen LogP) is 4.80. The lowest BCUT2D eigenvalue weighted by Crippen LogP contribution is -2.38. The number of benzene rings is 1. The van der Waals surface area contributed by atoms with Gasteiger partial charge in [-0.3, -0.25) is 9.59 Å². The number of carboxylic acids is 1. The van der Waals surface area contributed by atoms with E-state index in [0.717, 1.165) is 18.6 Å². The summed E-state index contributed by atoms with van der Waals surface area (Å²) < 4.78 is 0. The van der Waals surface area contributed by atoms with Crippen LogP contribution in [0.2, 0.25) is 0 Å². The van der Waals surface area contributed by atoms with Gasteiger partial charge in [-0.1, -0.05) is 68.7 Å². The van der Waals surface area contributed by atoms with E-state index in [0.29, 0.717) is 12.2 Å². The highest BCUT2D eigenvalue weighted by Crippen LogP contribution is 2.14. The fraction of sp³-hybridized carbons (Fsp3) is 0.524. The van der Waals surface area contributed by atoms with E-state index in [1.165, 1.54) is 24.8 Å². The topological polar surface area (TPSA) is 66.4 Å². The van der Waals surface area contributed by atoms with E-state index in [-0.39, 0.29) is 18.4 Å². The van der Waals surface area contributed by atoms with Crippen LogP contribution >= 0.6 is 11.8 Å². The fourth-order valence-corrected chi connectivity index (χ4v) is 3.57. The number of thioether (sulfide) groups is 1. The molecule has 5 heteroatoms. The SMILES string of the molecule is CCCCCCC=CCC(=O)N[C@H](CSCc1ccccc1)CC(=O)O. The molecule has 4 nitrogen and oxygen atoms in total. The molecule has 0 radical (unpaired) electrons. The summed E-state index contributed by atoms with van der Waals surface area (Å²) in [4.78, 5) is 23.1. The van der Waals surface area contributed by atoms with Crippen LogP contribution in [0, 0.1) is 0 Å². The predicted molar refractivity (Wildman–Crippen MR) is 109 cm³/mol. The minimum atomic E-state index is -0.887. The number of unbranched alkanes of at least 4 members (excludes halogenated alkanes) is 4. The number of hydrogen-bond acceptors (Lipinski definition) is 3. The third-order valence-electron chi connectivity index (χ3n) is 3.91. The van der Waals surface area contributed by atoms with Crippen LogP contribution in [0.15, 0.2) is 42.5 Å². The molecule has 1 aromatic rings. The number of rotatable bonds is 14. The van der Waals surface area contributed by atoms with E-state index >= 15 is 0 Å². The highest BCUT2D eigenvalue weighted by molar-refractivity contribution is 7.98. The van der Waals surface area contributed by atoms with E-state index < -0.39 is 5.97 Å². The zero-order chi connectivity index (χ0) is 19.0. The highest BCUT2D eigenvalue weighted by Gasteiger charge is 2.15. The largest absolute Gasteiger partial charge is 0.481 e. The lowest BCUT2D eigenvalue weighted by atomic mass is 10.1. The van der Waals surface area contributed by atoms with Crippen LogP contribution in [-0.2, 0) is 15.3 Å². The molecule has 1 aromatic carbocycles. The number of carboxylic acid groups (broad SMARTS) is 1. The molecule has 0 aliphatic heterocycles. The molecule has 26 heavy (non-hydrogen) atoms. The number of carbonyl (C=O) groups excluding carboxylic acids is 1. The summed E-state index contributed by atoms with van der Waals surface area (Å²) in [6.07, 6.45) is 10.1. The van der Waals surface area contributed by atoms with Crippen LogP contribution in [0.4, 0.5) is 0 Å². The number of amides is 1. The lowest BCUT2D eigenvalue weighted by molar-refractivity contribution is -0.137. The van der Waals surface area contributed by atoms with Gasteiger partial charge >= 0.3 is 5.97 Å². The number of carbonyl (C=O) groups is 2. The molecule has 0 unspecified atom stereocenters. The van der Waals surface area contributed by atoms with Gasteiger partial charge in [0.15, 0.2) is 0 Å². The smallest absolute Gasteiger partial charge is 0.305 e. The van der Waals surface area contributed by atoms with Crippen LogP contribution in [0.1, 0.15) is 57.4 Å². The number of allylic oxidation sites excluding steroid dienone is 1. The Hall–Kier alpha value is -1.75. The highest BCUT2D eigenvalue weighted by atomic mass is 32.2. The van der Waals surface area contributed by atoms with Crippen molar-refractivity contribution < 1.29 is 14.7 Å². The number of aliphatic carboxylic acids is 1. The molecule has 0 heterocycles. The number of nitrogens with one attached hydrogen (secondary N) is 1. The van der Waals surface area contributed by atoms with E-state index in [1.807, 2.05) is 42.5 Å². The molecular weight excluding hydrogens is 346 g/mol. The zero-order valence-corrected chi connectivity index (χ0v) is 16.5. The average Bonchev–Trinajstić information content (AvgIpc) is 2.61. The first-order valence-electron chi connectivity index (χ1n) is 9.39. The van der Waals surface area contributed by atoms with Crippen molar-refractivity contribution in [3.63, 3.8) is 0 Å². The molecule has 0 aliphatic carbocycles. The molecule has 0 aromatic heterocycles. The van der Waals surface area contributed by atoms with Gasteiger partial charge in [0.1, 0.15) is 0 Å². The van der Waals surface area contributed by atoms with Crippen molar-refractivity contribution in [2.24, 2.45) is 0 Å². The Morgan fingerprint density at radius 1 is 1.15 bits per heavy atom. The first kappa shape index (κ1) is 22.3. The normalized spacial score (nSPS) is 12.2.